The van der Waals surface area contributed by atoms with Gasteiger partial charge in [0, 0.05) is 25.9 Å². The van der Waals surface area contributed by atoms with E-state index in [1.807, 2.05) is 0 Å². The molecule has 17 heteroatoms. The number of hydrogen-bond donors (Lipinski definition) is 7. The number of phenols is 2. The molecular formula is C34H28Br4N4O9. The highest BCUT2D eigenvalue weighted by Crippen LogP contribution is 2.43. The third-order valence-corrected chi connectivity index (χ3v) is 10.0. The molecule has 0 radical (unpaired) electrons. The van der Waals surface area contributed by atoms with Crippen molar-refractivity contribution in [3.05, 3.63) is 101 Å². The van der Waals surface area contributed by atoms with Crippen LogP contribution in [-0.4, -0.2) is 62.1 Å². The molecule has 0 fully saturated rings. The zero-order chi connectivity index (χ0) is 36.8. The van der Waals surface area contributed by atoms with Crippen LogP contribution in [-0.2, 0) is 28.9 Å². The van der Waals surface area contributed by atoms with Crippen molar-refractivity contribution in [3.63, 3.8) is 0 Å². The molecule has 0 aliphatic carbocycles. The third kappa shape index (κ3) is 9.39. The molecule has 1 atom stereocenters. The van der Waals surface area contributed by atoms with Crippen molar-refractivity contribution in [3.8, 4) is 34.5 Å². The van der Waals surface area contributed by atoms with E-state index in [4.69, 9.17) is 9.47 Å². The first kappa shape index (κ1) is 38.1. The van der Waals surface area contributed by atoms with Crippen molar-refractivity contribution in [2.45, 2.75) is 25.4 Å². The van der Waals surface area contributed by atoms with E-state index < -0.39 is 17.9 Å². The Morgan fingerprint density at radius 3 is 1.92 bits per heavy atom. The van der Waals surface area contributed by atoms with E-state index in [0.29, 0.717) is 42.3 Å². The number of rotatable bonds is 0. The van der Waals surface area contributed by atoms with Crippen LogP contribution in [0.15, 0.2) is 88.9 Å². The quantitative estimate of drug-likeness (QED) is 0.0716. The lowest BCUT2D eigenvalue weighted by molar-refractivity contribution is -0.116. The number of nitrogens with zero attached hydrogens (tertiary/aromatic N) is 2. The maximum absolute atomic E-state index is 13.0. The molecule has 0 spiro atoms. The van der Waals surface area contributed by atoms with Crippen molar-refractivity contribution in [2.75, 3.05) is 13.1 Å². The normalized spacial score (nSPS) is 17.6. The van der Waals surface area contributed by atoms with Crippen molar-refractivity contribution < 1.29 is 44.8 Å². The monoisotopic (exact) mass is 952 g/mol. The van der Waals surface area contributed by atoms with Crippen LogP contribution in [0.2, 0.25) is 0 Å². The van der Waals surface area contributed by atoms with Gasteiger partial charge in [0.15, 0.2) is 28.7 Å². The molecule has 51 heavy (non-hydrogen) atoms. The fourth-order valence-corrected chi connectivity index (χ4v) is 7.40. The minimum atomic E-state index is -1.15. The highest BCUT2D eigenvalue weighted by Gasteiger charge is 2.21. The summed E-state index contributed by atoms with van der Waals surface area (Å²) in [5.41, 5.74) is 1.75. The van der Waals surface area contributed by atoms with Crippen LogP contribution < -0.4 is 20.1 Å². The third-order valence-electron chi connectivity index (χ3n) is 7.61. The molecule has 2 amide bonds. The number of carbonyl (C=O) groups is 2. The zero-order valence-electron chi connectivity index (χ0n) is 26.2. The summed E-state index contributed by atoms with van der Waals surface area (Å²) in [4.78, 5) is 25.9. The van der Waals surface area contributed by atoms with Crippen LogP contribution in [0.25, 0.3) is 0 Å². The highest BCUT2D eigenvalue weighted by atomic mass is 79.9. The van der Waals surface area contributed by atoms with Gasteiger partial charge in [0.25, 0.3) is 11.8 Å². The van der Waals surface area contributed by atoms with E-state index in [1.54, 1.807) is 42.5 Å². The Morgan fingerprint density at radius 1 is 0.667 bits per heavy atom. The Morgan fingerprint density at radius 2 is 1.27 bits per heavy atom. The number of hydrogen-bond acceptors (Lipinski definition) is 11. The van der Waals surface area contributed by atoms with E-state index in [1.165, 1.54) is 18.2 Å². The summed E-state index contributed by atoms with van der Waals surface area (Å²) in [6.45, 7) is -0.0416. The number of amides is 2. The van der Waals surface area contributed by atoms with Gasteiger partial charge in [-0.25, -0.2) is 0 Å². The molecule has 0 aromatic heterocycles. The summed E-state index contributed by atoms with van der Waals surface area (Å²) in [7, 11) is 0. The van der Waals surface area contributed by atoms with Gasteiger partial charge in [0.05, 0.1) is 24.0 Å². The first-order valence-electron chi connectivity index (χ1n) is 15.0. The maximum atomic E-state index is 13.0. The largest absolute Gasteiger partial charge is 0.504 e. The first-order valence-corrected chi connectivity index (χ1v) is 18.2. The van der Waals surface area contributed by atoms with Crippen molar-refractivity contribution >= 4 is 87.0 Å². The van der Waals surface area contributed by atoms with Gasteiger partial charge in [-0.15, -0.1) is 0 Å². The number of aliphatic hydroxyl groups is 1. The molecule has 4 heterocycles. The first-order chi connectivity index (χ1) is 24.4. The second-order valence-electron chi connectivity index (χ2n) is 11.2. The molecular weight excluding hydrogens is 928 g/mol. The molecule has 4 aromatic rings. The number of phenolic OH excluding ortho intramolecular Hbond substituents is 2. The van der Waals surface area contributed by atoms with E-state index in [9.17, 15) is 35.3 Å². The highest BCUT2D eigenvalue weighted by molar-refractivity contribution is 9.11. The molecule has 4 aliphatic rings. The molecule has 0 saturated carbocycles. The molecule has 7 N–H and O–H groups in total. The minimum Gasteiger partial charge on any atom is -0.504 e. The zero-order valence-corrected chi connectivity index (χ0v) is 32.5. The van der Waals surface area contributed by atoms with Gasteiger partial charge in [0.2, 0.25) is 0 Å². The van der Waals surface area contributed by atoms with Gasteiger partial charge < -0.3 is 45.8 Å². The van der Waals surface area contributed by atoms with Gasteiger partial charge in [-0.1, -0.05) is 22.4 Å². The Kier molecular flexibility index (Phi) is 12.6. The lowest BCUT2D eigenvalue weighted by Gasteiger charge is -2.16. The summed E-state index contributed by atoms with van der Waals surface area (Å²) in [6.07, 6.45) is -1.01. The predicted octanol–water partition coefficient (Wildman–Crippen LogP) is 7.00. The smallest absolute Gasteiger partial charge is 0.269 e. The van der Waals surface area contributed by atoms with E-state index in [0.717, 1.165) is 5.56 Å². The number of ether oxygens (including phenoxy) is 2. The lowest BCUT2D eigenvalue weighted by Crippen LogP contribution is -2.35. The molecule has 0 saturated heterocycles. The average molecular weight is 956 g/mol. The summed E-state index contributed by atoms with van der Waals surface area (Å²) in [5, 5.41) is 63.1. The number of aliphatic hydroxyl groups excluding tert-OH is 1. The number of oxime groups is 2. The number of nitrogens with one attached hydrogen (secondary N) is 2. The maximum Gasteiger partial charge on any atom is 0.269 e. The van der Waals surface area contributed by atoms with Gasteiger partial charge in [-0.3, -0.25) is 9.59 Å². The molecule has 8 rings (SSSR count). The van der Waals surface area contributed by atoms with Crippen LogP contribution in [0.1, 0.15) is 28.4 Å². The summed E-state index contributed by atoms with van der Waals surface area (Å²) in [5.74, 6) is -0.952. The topological polar surface area (TPSA) is 203 Å². The van der Waals surface area contributed by atoms with Crippen LogP contribution in [0.3, 0.4) is 0 Å². The van der Waals surface area contributed by atoms with Gasteiger partial charge >= 0.3 is 0 Å². The minimum absolute atomic E-state index is 0.00513. The Hall–Kier alpha value is -4.16. The number of aromatic hydroxyl groups is 2. The summed E-state index contributed by atoms with van der Waals surface area (Å²) < 4.78 is 13.6. The molecule has 4 aliphatic heterocycles. The van der Waals surface area contributed by atoms with Gasteiger partial charge in [0.1, 0.15) is 17.2 Å². The molecule has 8 bridgehead atoms. The van der Waals surface area contributed by atoms with Crippen molar-refractivity contribution in [2.24, 2.45) is 10.3 Å². The standard InChI is InChI=1S/C34H28Br4N4O9/c35-20-14-19-2-4-28(20)50-29-12-16(1-3-26(29)43)5-6-39-33(46)24(41-48)10-17-8-22(37)32(23(38)9-17)51-30-13-18(7-21(36)31(30)45)11-25(42-49)34(47)40-15-27(19)44/h1-4,7-9,12-14,27,43-45,48-49H,5-6,10-11,15H2,(H,39,46)(H,40,47)/b41-24+,42-25+. The summed E-state index contributed by atoms with van der Waals surface area (Å²) >= 11 is 13.6. The number of carbonyl (C=O) groups excluding carboxylic acids is 2. The van der Waals surface area contributed by atoms with E-state index in [-0.39, 0.29) is 70.6 Å². The Bertz CT molecular complexity index is 2040. The SMILES string of the molecule is O=C1NCCc2ccc(O)c(c2)Oc2ccc(cc2Br)C(O)CNC(=O)/C(=N/O)Cc2cc(Br)c(O)c(c2)Oc2c(Br)cc(cc2Br)C/C1=N\O. The lowest BCUT2D eigenvalue weighted by atomic mass is 10.1. The summed E-state index contributed by atoms with van der Waals surface area (Å²) in [6, 6.07) is 15.8. The van der Waals surface area contributed by atoms with Crippen LogP contribution in [0.4, 0.5) is 0 Å². The van der Waals surface area contributed by atoms with Crippen LogP contribution in [0, 0.1) is 0 Å². The number of halogens is 4. The second-order valence-corrected chi connectivity index (χ2v) is 14.6. The Balaban J connectivity index is 1.48. The predicted molar refractivity (Wildman–Crippen MR) is 201 cm³/mol. The average Bonchev–Trinajstić information content (AvgIpc) is 3.10. The Labute approximate surface area is 324 Å². The van der Waals surface area contributed by atoms with Crippen LogP contribution >= 0.6 is 63.7 Å². The van der Waals surface area contributed by atoms with Crippen molar-refractivity contribution in [1.29, 1.82) is 0 Å². The second kappa shape index (κ2) is 16.9. The molecule has 4 aromatic carbocycles. The van der Waals surface area contributed by atoms with E-state index in [2.05, 4.69) is 84.7 Å². The van der Waals surface area contributed by atoms with Crippen molar-refractivity contribution in [1.82, 2.24) is 10.6 Å². The fraction of sp³-hybridized carbons (Fsp3) is 0.176. The molecule has 266 valence electrons. The van der Waals surface area contributed by atoms with Gasteiger partial charge in [-0.2, -0.15) is 0 Å². The fourth-order valence-electron chi connectivity index (χ4n) is 4.99. The van der Waals surface area contributed by atoms with Crippen LogP contribution in [0.5, 0.6) is 34.5 Å². The molecule has 13 nitrogen and oxygen atoms in total. The molecule has 1 unspecified atom stereocenters. The van der Waals surface area contributed by atoms with E-state index >= 15 is 0 Å². The van der Waals surface area contributed by atoms with Gasteiger partial charge in [-0.05, 0) is 141 Å². The number of benzene rings is 4.